The quantitative estimate of drug-likeness (QED) is 0.818. The average molecular weight is 344 g/mol. The minimum Gasteiger partial charge on any atom is -0.387 e. The highest BCUT2D eigenvalue weighted by atomic mass is 16.7. The molecule has 2 aliphatic carbocycles. The molecule has 3 spiro atoms. The van der Waals surface area contributed by atoms with Crippen LogP contribution in [-0.2, 0) is 19.7 Å². The van der Waals surface area contributed by atoms with Crippen molar-refractivity contribution in [3.8, 4) is 0 Å². The van der Waals surface area contributed by atoms with Gasteiger partial charge >= 0.3 is 0 Å². The monoisotopic (exact) mass is 344 g/mol. The van der Waals surface area contributed by atoms with E-state index in [-0.39, 0.29) is 17.1 Å². The highest BCUT2D eigenvalue weighted by Gasteiger charge is 2.65. The fourth-order valence-corrected chi connectivity index (χ4v) is 5.38. The van der Waals surface area contributed by atoms with Gasteiger partial charge in [0.15, 0.2) is 5.79 Å². The molecule has 1 aromatic rings. The molecule has 0 aromatic carbocycles. The highest BCUT2D eigenvalue weighted by molar-refractivity contribution is 6.06. The number of hydrogen-bond donors (Lipinski definition) is 2. The molecule has 2 N–H and O–H groups in total. The molecule has 3 heterocycles. The molecule has 6 heteroatoms. The zero-order valence-corrected chi connectivity index (χ0v) is 14.5. The number of anilines is 1. The maximum Gasteiger partial charge on any atom is 0.236 e. The third-order valence-electron chi connectivity index (χ3n) is 6.72. The number of aliphatic hydroxyl groups is 1. The second-order valence-corrected chi connectivity index (χ2v) is 8.31. The Hall–Kier alpha value is -1.50. The van der Waals surface area contributed by atoms with Crippen LogP contribution in [-0.4, -0.2) is 35.0 Å². The van der Waals surface area contributed by atoms with Crippen LogP contribution in [0.5, 0.6) is 0 Å². The largest absolute Gasteiger partial charge is 0.387 e. The number of aliphatic hydroxyl groups excluding tert-OH is 1. The lowest BCUT2D eigenvalue weighted by molar-refractivity contribution is -0.204. The molecule has 5 rings (SSSR count). The summed E-state index contributed by atoms with van der Waals surface area (Å²) in [5, 5.41) is 12.8. The van der Waals surface area contributed by atoms with Crippen LogP contribution in [0.4, 0.5) is 5.69 Å². The number of pyridine rings is 1. The molecule has 2 aliphatic heterocycles. The van der Waals surface area contributed by atoms with Gasteiger partial charge in [0.05, 0.1) is 41.8 Å². The van der Waals surface area contributed by atoms with Crippen LogP contribution in [0.15, 0.2) is 12.1 Å². The second kappa shape index (κ2) is 5.02. The van der Waals surface area contributed by atoms with E-state index in [1.54, 1.807) is 13.0 Å². The van der Waals surface area contributed by atoms with Crippen molar-refractivity contribution in [2.24, 2.45) is 5.41 Å². The van der Waals surface area contributed by atoms with E-state index in [1.165, 1.54) is 0 Å². The van der Waals surface area contributed by atoms with E-state index in [0.717, 1.165) is 49.9 Å². The van der Waals surface area contributed by atoms with Crippen molar-refractivity contribution in [3.05, 3.63) is 23.5 Å². The van der Waals surface area contributed by atoms with Crippen LogP contribution >= 0.6 is 0 Å². The summed E-state index contributed by atoms with van der Waals surface area (Å²) in [5.41, 5.74) is 1.95. The van der Waals surface area contributed by atoms with Crippen molar-refractivity contribution >= 4 is 11.6 Å². The van der Waals surface area contributed by atoms with Gasteiger partial charge in [0.25, 0.3) is 0 Å². The Morgan fingerprint density at radius 3 is 2.48 bits per heavy atom. The topological polar surface area (TPSA) is 80.7 Å². The SMILES string of the molecule is CC(O)c1ccc2c(n1)C1(CC3(CCC4(CC3)OCCO4)C1)C(=O)N2. The number of nitrogens with one attached hydrogen (secondary N) is 1. The van der Waals surface area contributed by atoms with Crippen LogP contribution in [0.25, 0.3) is 0 Å². The van der Waals surface area contributed by atoms with Gasteiger partial charge in [0, 0.05) is 12.8 Å². The molecule has 1 saturated heterocycles. The Kier molecular flexibility index (Phi) is 3.16. The van der Waals surface area contributed by atoms with Crippen LogP contribution in [0.2, 0.25) is 0 Å². The van der Waals surface area contributed by atoms with Gasteiger partial charge in [-0.25, -0.2) is 0 Å². The average Bonchev–Trinajstić information content (AvgIpc) is 3.13. The van der Waals surface area contributed by atoms with Crippen molar-refractivity contribution < 1.29 is 19.4 Å². The first-order valence-corrected chi connectivity index (χ1v) is 9.25. The second-order valence-electron chi connectivity index (χ2n) is 8.31. The molecule has 1 amide bonds. The first kappa shape index (κ1) is 15.7. The molecule has 1 atom stereocenters. The predicted octanol–water partition coefficient (Wildman–Crippen LogP) is 2.42. The summed E-state index contributed by atoms with van der Waals surface area (Å²) < 4.78 is 11.7. The standard InChI is InChI=1S/C19H24N2O4/c1-12(22)13-2-3-14-15(20-13)18(16(23)21-14)10-17(11-18)4-6-19(7-5-17)24-8-9-25-19/h2-3,12,22H,4-11H2,1H3,(H,21,23). The highest BCUT2D eigenvalue weighted by Crippen LogP contribution is 2.65. The summed E-state index contributed by atoms with van der Waals surface area (Å²) in [5.74, 6) is -0.293. The van der Waals surface area contributed by atoms with Gasteiger partial charge in [-0.1, -0.05) is 0 Å². The molecular formula is C19H24N2O4. The van der Waals surface area contributed by atoms with Gasteiger partial charge in [0.1, 0.15) is 0 Å². The van der Waals surface area contributed by atoms with Crippen LogP contribution in [0, 0.1) is 5.41 Å². The van der Waals surface area contributed by atoms with E-state index in [1.807, 2.05) is 6.07 Å². The smallest absolute Gasteiger partial charge is 0.236 e. The molecule has 3 fully saturated rings. The summed E-state index contributed by atoms with van der Waals surface area (Å²) >= 11 is 0. The van der Waals surface area contributed by atoms with Crippen LogP contribution in [0.3, 0.4) is 0 Å². The third kappa shape index (κ3) is 2.14. The van der Waals surface area contributed by atoms with Gasteiger partial charge < -0.3 is 19.9 Å². The fourth-order valence-electron chi connectivity index (χ4n) is 5.38. The summed E-state index contributed by atoms with van der Waals surface area (Å²) in [4.78, 5) is 17.4. The number of carbonyl (C=O) groups excluding carboxylic acids is 1. The summed E-state index contributed by atoms with van der Waals surface area (Å²) in [6, 6.07) is 3.66. The molecule has 1 unspecified atom stereocenters. The van der Waals surface area contributed by atoms with Gasteiger partial charge in [-0.3, -0.25) is 9.78 Å². The number of rotatable bonds is 1. The number of amides is 1. The van der Waals surface area contributed by atoms with Crippen molar-refractivity contribution in [3.63, 3.8) is 0 Å². The van der Waals surface area contributed by atoms with E-state index in [2.05, 4.69) is 10.3 Å². The number of carbonyl (C=O) groups is 1. The van der Waals surface area contributed by atoms with E-state index < -0.39 is 11.5 Å². The minimum absolute atomic E-state index is 0.0667. The summed E-state index contributed by atoms with van der Waals surface area (Å²) in [6.45, 7) is 3.09. The Balaban J connectivity index is 1.39. The molecule has 134 valence electrons. The van der Waals surface area contributed by atoms with Gasteiger partial charge in [-0.2, -0.15) is 0 Å². The number of hydrogen-bond acceptors (Lipinski definition) is 5. The number of aromatic nitrogens is 1. The molecular weight excluding hydrogens is 320 g/mol. The molecule has 4 aliphatic rings. The molecule has 6 nitrogen and oxygen atoms in total. The van der Waals surface area contributed by atoms with E-state index >= 15 is 0 Å². The summed E-state index contributed by atoms with van der Waals surface area (Å²) in [6.07, 6.45) is 4.95. The Morgan fingerprint density at radius 1 is 1.16 bits per heavy atom. The normalized spacial score (nSPS) is 28.8. The van der Waals surface area contributed by atoms with Gasteiger partial charge in [0.2, 0.25) is 5.91 Å². The maximum absolute atomic E-state index is 12.7. The van der Waals surface area contributed by atoms with Gasteiger partial charge in [-0.05, 0) is 50.2 Å². The fraction of sp³-hybridized carbons (Fsp3) is 0.684. The number of ether oxygens (including phenoxy) is 2. The zero-order valence-electron chi connectivity index (χ0n) is 14.5. The molecule has 2 saturated carbocycles. The van der Waals surface area contributed by atoms with Crippen molar-refractivity contribution in [2.45, 2.75) is 62.8 Å². The lowest BCUT2D eigenvalue weighted by Gasteiger charge is -2.57. The maximum atomic E-state index is 12.7. The Bertz CT molecular complexity index is 721. The zero-order chi connectivity index (χ0) is 17.3. The Morgan fingerprint density at radius 2 is 1.84 bits per heavy atom. The first-order valence-electron chi connectivity index (χ1n) is 9.25. The number of nitrogens with zero attached hydrogens (tertiary/aromatic N) is 1. The molecule has 25 heavy (non-hydrogen) atoms. The lowest BCUT2D eigenvalue weighted by Crippen LogP contribution is -2.56. The van der Waals surface area contributed by atoms with E-state index in [0.29, 0.717) is 18.9 Å². The van der Waals surface area contributed by atoms with Crippen molar-refractivity contribution in [1.82, 2.24) is 4.98 Å². The molecule has 1 aromatic heterocycles. The van der Waals surface area contributed by atoms with E-state index in [4.69, 9.17) is 9.47 Å². The minimum atomic E-state index is -0.627. The lowest BCUT2D eigenvalue weighted by atomic mass is 9.47. The van der Waals surface area contributed by atoms with Gasteiger partial charge in [-0.15, -0.1) is 0 Å². The molecule has 0 bridgehead atoms. The Labute approximate surface area is 146 Å². The summed E-state index contributed by atoms with van der Waals surface area (Å²) in [7, 11) is 0. The number of fused-ring (bicyclic) bond motifs is 2. The van der Waals surface area contributed by atoms with E-state index in [9.17, 15) is 9.90 Å². The molecule has 0 radical (unpaired) electrons. The van der Waals surface area contributed by atoms with Crippen molar-refractivity contribution in [2.75, 3.05) is 18.5 Å². The first-order chi connectivity index (χ1) is 12.0. The van der Waals surface area contributed by atoms with Crippen LogP contribution in [0.1, 0.15) is 62.9 Å². The predicted molar refractivity (Wildman–Crippen MR) is 89.9 cm³/mol. The van der Waals surface area contributed by atoms with Crippen LogP contribution < -0.4 is 5.32 Å². The third-order valence-corrected chi connectivity index (χ3v) is 6.72. The van der Waals surface area contributed by atoms with Crippen molar-refractivity contribution in [1.29, 1.82) is 0 Å².